The van der Waals surface area contributed by atoms with Gasteiger partial charge in [-0.05, 0) is 93.0 Å². The van der Waals surface area contributed by atoms with E-state index >= 15 is 0 Å². The summed E-state index contributed by atoms with van der Waals surface area (Å²) in [5.41, 5.74) is 4.39. The van der Waals surface area contributed by atoms with Crippen molar-refractivity contribution in [3.05, 3.63) is 34.9 Å². The van der Waals surface area contributed by atoms with E-state index in [0.717, 1.165) is 18.6 Å². The normalized spacial score (nSPS) is 37.5. The molecule has 0 aromatic heterocycles. The van der Waals surface area contributed by atoms with Gasteiger partial charge in [-0.1, -0.05) is 76.5 Å². The van der Waals surface area contributed by atoms with E-state index in [0.29, 0.717) is 28.9 Å². The number of aliphatic hydroxyl groups excluding tert-OH is 1. The van der Waals surface area contributed by atoms with Crippen molar-refractivity contribution < 1.29 is 14.6 Å². The van der Waals surface area contributed by atoms with Gasteiger partial charge in [-0.2, -0.15) is 11.8 Å². The average Bonchev–Trinajstić information content (AvgIpc) is 3.15. The maximum Gasteiger partial charge on any atom is 0.192 e. The van der Waals surface area contributed by atoms with Gasteiger partial charge in [0.25, 0.3) is 0 Å². The lowest BCUT2D eigenvalue weighted by Gasteiger charge is -2.58. The van der Waals surface area contributed by atoms with Gasteiger partial charge in [0.15, 0.2) is 8.32 Å². The highest BCUT2D eigenvalue weighted by Gasteiger charge is 2.58. The van der Waals surface area contributed by atoms with Gasteiger partial charge in [-0.15, -0.1) is 0 Å². The van der Waals surface area contributed by atoms with Crippen molar-refractivity contribution in [1.82, 2.24) is 0 Å². The zero-order valence-corrected chi connectivity index (χ0v) is 26.9. The molecule has 0 aromatic rings. The maximum absolute atomic E-state index is 10.3. The summed E-state index contributed by atoms with van der Waals surface area (Å²) >= 11 is 1.97. The van der Waals surface area contributed by atoms with Crippen molar-refractivity contribution >= 4 is 20.1 Å². The smallest absolute Gasteiger partial charge is 0.192 e. The monoisotopic (exact) mass is 546 g/mol. The van der Waals surface area contributed by atoms with Crippen molar-refractivity contribution in [2.75, 3.05) is 12.4 Å². The molecular formula is C32H54O3SSi. The van der Waals surface area contributed by atoms with E-state index in [1.54, 1.807) is 23.6 Å². The van der Waals surface area contributed by atoms with Crippen LogP contribution in [0, 0.1) is 22.7 Å². The van der Waals surface area contributed by atoms with E-state index in [2.05, 4.69) is 72.9 Å². The molecule has 3 unspecified atom stereocenters. The molecule has 0 aromatic carbocycles. The van der Waals surface area contributed by atoms with Gasteiger partial charge in [0.05, 0.1) is 18.3 Å². The maximum atomic E-state index is 10.3. The second-order valence-electron chi connectivity index (χ2n) is 14.7. The molecule has 210 valence electrons. The van der Waals surface area contributed by atoms with Gasteiger partial charge >= 0.3 is 0 Å². The molecule has 0 radical (unpaired) electrons. The van der Waals surface area contributed by atoms with Crippen molar-refractivity contribution in [3.63, 3.8) is 0 Å². The Balaban J connectivity index is 1.65. The lowest BCUT2D eigenvalue weighted by Crippen LogP contribution is -2.56. The van der Waals surface area contributed by atoms with Crippen molar-refractivity contribution in [3.8, 4) is 0 Å². The molecule has 4 rings (SSSR count). The molecule has 0 aliphatic heterocycles. The summed E-state index contributed by atoms with van der Waals surface area (Å²) in [7, 11) is -1.97. The molecular weight excluding hydrogens is 493 g/mol. The molecule has 2 saturated carbocycles. The molecule has 0 saturated heterocycles. The largest absolute Gasteiger partial charge is 0.413 e. The van der Waals surface area contributed by atoms with E-state index in [4.69, 9.17) is 4.43 Å². The molecule has 3 nitrogen and oxygen atoms in total. The second kappa shape index (κ2) is 10.3. The molecule has 5 heteroatoms. The van der Waals surface area contributed by atoms with Gasteiger partial charge in [-0.3, -0.25) is 0 Å². The minimum atomic E-state index is -1.97. The summed E-state index contributed by atoms with van der Waals surface area (Å²) < 4.78 is 7.40. The van der Waals surface area contributed by atoms with Crippen LogP contribution >= 0.6 is 11.8 Å². The topological polar surface area (TPSA) is 49.7 Å². The molecule has 2 N–H and O–H groups in total. The van der Waals surface area contributed by atoms with Gasteiger partial charge < -0.3 is 14.6 Å². The van der Waals surface area contributed by atoms with E-state index < -0.39 is 13.9 Å². The third-order valence-corrected chi connectivity index (χ3v) is 17.1. The summed E-state index contributed by atoms with van der Waals surface area (Å²) in [6.07, 6.45) is 15.6. The van der Waals surface area contributed by atoms with Gasteiger partial charge in [-0.25, -0.2) is 0 Å². The van der Waals surface area contributed by atoms with Crippen LogP contribution in [0.2, 0.25) is 18.1 Å². The van der Waals surface area contributed by atoms with Crippen LogP contribution in [0.4, 0.5) is 0 Å². The predicted molar refractivity (Wildman–Crippen MR) is 161 cm³/mol. The fourth-order valence-electron chi connectivity index (χ4n) is 7.58. The van der Waals surface area contributed by atoms with Crippen LogP contribution in [0.15, 0.2) is 34.9 Å². The van der Waals surface area contributed by atoms with Crippen LogP contribution in [0.3, 0.4) is 0 Å². The van der Waals surface area contributed by atoms with Gasteiger partial charge in [0.2, 0.25) is 0 Å². The van der Waals surface area contributed by atoms with Crippen LogP contribution in [0.25, 0.3) is 0 Å². The first-order chi connectivity index (χ1) is 17.1. The van der Waals surface area contributed by atoms with Crippen LogP contribution in [0.5, 0.6) is 0 Å². The standard InChI is InChI=1S/C32H54O3SSi/c1-10-22-12-14-26-25-13-11-23-19-24(36-18-17-30(5,34)21-33)20-28(35-37(8,9)29(2,3)4)32(23,7)27(25)15-16-31(22,26)6/h11-13,24,26-28,33-34H,10,14-21H2,1-9H3/t24?,26-,27-,28?,30?,31+,32-/m0/s1. The quantitative estimate of drug-likeness (QED) is 0.239. The molecule has 0 heterocycles. The highest BCUT2D eigenvalue weighted by molar-refractivity contribution is 7.99. The molecule has 4 aliphatic rings. The predicted octanol–water partition coefficient (Wildman–Crippen LogP) is 8.05. The van der Waals surface area contributed by atoms with Crippen LogP contribution in [-0.4, -0.2) is 47.8 Å². The Hall–Kier alpha value is -0.333. The van der Waals surface area contributed by atoms with E-state index in [9.17, 15) is 10.2 Å². The molecule has 0 bridgehead atoms. The summed E-state index contributed by atoms with van der Waals surface area (Å²) in [5, 5.41) is 20.5. The molecule has 7 atom stereocenters. The molecule has 37 heavy (non-hydrogen) atoms. The molecule has 0 amide bonds. The first-order valence-corrected chi connectivity index (χ1v) is 18.8. The SMILES string of the molecule is CCC1=CC[C@H]2C3=CC=C4CC(SCCC(C)(O)CO)CC(O[Si](C)(C)C(C)(C)C)[C@]4(C)[C@H]3CC[C@]12C. The number of fused-ring (bicyclic) bond motifs is 5. The van der Waals surface area contributed by atoms with Crippen molar-refractivity contribution in [2.24, 2.45) is 22.7 Å². The third-order valence-electron chi connectivity index (χ3n) is 11.3. The van der Waals surface area contributed by atoms with Crippen molar-refractivity contribution in [1.29, 1.82) is 0 Å². The minimum Gasteiger partial charge on any atom is -0.413 e. The molecule has 4 aliphatic carbocycles. The summed E-state index contributed by atoms with van der Waals surface area (Å²) in [6.45, 7) is 20.9. The fourth-order valence-corrected chi connectivity index (χ4v) is 10.5. The zero-order valence-electron chi connectivity index (χ0n) is 25.1. The van der Waals surface area contributed by atoms with Gasteiger partial charge in [0, 0.05) is 10.7 Å². The lowest BCUT2D eigenvalue weighted by molar-refractivity contribution is -0.00488. The molecule has 0 spiro atoms. The van der Waals surface area contributed by atoms with E-state index in [1.807, 2.05) is 11.8 Å². The highest BCUT2D eigenvalue weighted by Crippen LogP contribution is 2.65. The Morgan fingerprint density at radius 1 is 1.14 bits per heavy atom. The van der Waals surface area contributed by atoms with Crippen molar-refractivity contribution in [2.45, 2.75) is 128 Å². The summed E-state index contributed by atoms with van der Waals surface area (Å²) in [4.78, 5) is 0. The Labute approximate surface area is 232 Å². The van der Waals surface area contributed by atoms with E-state index in [1.165, 1.54) is 25.7 Å². The Morgan fingerprint density at radius 3 is 2.46 bits per heavy atom. The van der Waals surface area contributed by atoms with Crippen LogP contribution in [0.1, 0.15) is 93.4 Å². The lowest BCUT2D eigenvalue weighted by atomic mass is 9.50. The Kier molecular flexibility index (Phi) is 8.21. The second-order valence-corrected chi connectivity index (χ2v) is 20.9. The number of allylic oxidation sites excluding steroid dienone is 5. The average molecular weight is 547 g/mol. The number of thioether (sulfide) groups is 1. The molecule has 2 fully saturated rings. The number of rotatable bonds is 8. The number of hydrogen-bond acceptors (Lipinski definition) is 4. The fraction of sp³-hybridized carbons (Fsp3) is 0.812. The number of hydrogen-bond donors (Lipinski definition) is 2. The third kappa shape index (κ3) is 5.26. The highest BCUT2D eigenvalue weighted by atomic mass is 32.2. The van der Waals surface area contributed by atoms with Crippen LogP contribution in [-0.2, 0) is 4.43 Å². The van der Waals surface area contributed by atoms with Crippen LogP contribution < -0.4 is 0 Å². The van der Waals surface area contributed by atoms with E-state index in [-0.39, 0.29) is 23.2 Å². The summed E-state index contributed by atoms with van der Waals surface area (Å²) in [6, 6.07) is 0. The first kappa shape index (κ1) is 29.6. The van der Waals surface area contributed by atoms with Gasteiger partial charge in [0.1, 0.15) is 0 Å². The Morgan fingerprint density at radius 2 is 1.84 bits per heavy atom. The minimum absolute atomic E-state index is 0.0591. The zero-order chi connectivity index (χ0) is 27.4. The summed E-state index contributed by atoms with van der Waals surface area (Å²) in [5.74, 6) is 2.09. The number of aliphatic hydroxyl groups is 2. The Bertz CT molecular complexity index is 958. The first-order valence-electron chi connectivity index (χ1n) is 14.8.